The van der Waals surface area contributed by atoms with Crippen molar-refractivity contribution >= 4 is 27.7 Å². The number of aryl methyl sites for hydroxylation is 1. The van der Waals surface area contributed by atoms with Crippen molar-refractivity contribution in [1.29, 1.82) is 0 Å². The molecule has 2 heterocycles. The first-order valence-electron chi connectivity index (χ1n) is 4.80. The molecule has 0 saturated carbocycles. The second-order valence-electron chi connectivity index (χ2n) is 3.21. The van der Waals surface area contributed by atoms with Gasteiger partial charge in [-0.2, -0.15) is 0 Å². The summed E-state index contributed by atoms with van der Waals surface area (Å²) in [5.41, 5.74) is 1.04. The summed E-state index contributed by atoms with van der Waals surface area (Å²) in [4.78, 5) is 20.0. The smallest absolute Gasteiger partial charge is 0.357 e. The van der Waals surface area contributed by atoms with E-state index < -0.39 is 0 Å². The molecule has 0 aliphatic carbocycles. The number of hydrogen-bond acceptors (Lipinski definition) is 4. The van der Waals surface area contributed by atoms with E-state index in [0.29, 0.717) is 23.8 Å². The van der Waals surface area contributed by atoms with Crippen molar-refractivity contribution in [3.05, 3.63) is 28.3 Å². The van der Waals surface area contributed by atoms with Crippen LogP contribution in [0.2, 0.25) is 0 Å². The topological polar surface area (TPSA) is 56.5 Å². The third kappa shape index (κ3) is 1.80. The molecule has 2 aromatic heterocycles. The van der Waals surface area contributed by atoms with Crippen LogP contribution in [0.1, 0.15) is 23.1 Å². The average molecular weight is 284 g/mol. The molecule has 16 heavy (non-hydrogen) atoms. The standard InChI is InChI=1S/C10H10BrN3O2/c1-3-16-9(15)8-6(2)13-10-12-4-7(11)5-14(8)10/h4-5H,3H2,1-2H3. The Kier molecular flexibility index (Phi) is 2.91. The van der Waals surface area contributed by atoms with Crippen LogP contribution in [0.25, 0.3) is 5.78 Å². The number of ether oxygens (including phenoxy) is 1. The molecule has 0 aliphatic rings. The number of esters is 1. The zero-order valence-electron chi connectivity index (χ0n) is 8.90. The van der Waals surface area contributed by atoms with E-state index in [0.717, 1.165) is 4.47 Å². The average Bonchev–Trinajstić information content (AvgIpc) is 2.53. The third-order valence-electron chi connectivity index (χ3n) is 2.09. The molecule has 0 saturated heterocycles. The van der Waals surface area contributed by atoms with E-state index in [-0.39, 0.29) is 5.97 Å². The van der Waals surface area contributed by atoms with Crippen LogP contribution in [0.3, 0.4) is 0 Å². The third-order valence-corrected chi connectivity index (χ3v) is 2.50. The first-order valence-corrected chi connectivity index (χ1v) is 5.60. The molecule has 6 heteroatoms. The molecule has 0 radical (unpaired) electrons. The summed E-state index contributed by atoms with van der Waals surface area (Å²) >= 11 is 3.30. The molecular formula is C10H10BrN3O2. The van der Waals surface area contributed by atoms with Crippen LogP contribution in [-0.4, -0.2) is 26.9 Å². The Morgan fingerprint density at radius 2 is 2.38 bits per heavy atom. The van der Waals surface area contributed by atoms with E-state index in [1.54, 1.807) is 30.6 Å². The second-order valence-corrected chi connectivity index (χ2v) is 4.12. The molecule has 2 rings (SSSR count). The fourth-order valence-electron chi connectivity index (χ4n) is 1.47. The number of hydrogen-bond donors (Lipinski definition) is 0. The van der Waals surface area contributed by atoms with Gasteiger partial charge in [0.1, 0.15) is 0 Å². The minimum atomic E-state index is -0.382. The quantitative estimate of drug-likeness (QED) is 0.791. The Morgan fingerprint density at radius 3 is 3.06 bits per heavy atom. The predicted octanol–water partition coefficient (Wildman–Crippen LogP) is 1.98. The highest BCUT2D eigenvalue weighted by atomic mass is 79.9. The summed E-state index contributed by atoms with van der Waals surface area (Å²) in [5.74, 6) is 0.108. The number of fused-ring (bicyclic) bond motifs is 1. The molecule has 0 fully saturated rings. The summed E-state index contributed by atoms with van der Waals surface area (Å²) in [5, 5.41) is 0. The van der Waals surface area contributed by atoms with Gasteiger partial charge < -0.3 is 4.74 Å². The van der Waals surface area contributed by atoms with Gasteiger partial charge in [0.15, 0.2) is 5.69 Å². The Bertz CT molecular complexity index is 550. The van der Waals surface area contributed by atoms with Crippen molar-refractivity contribution in [1.82, 2.24) is 14.4 Å². The summed E-state index contributed by atoms with van der Waals surface area (Å²) in [6.07, 6.45) is 3.38. The summed E-state index contributed by atoms with van der Waals surface area (Å²) in [6.45, 7) is 3.87. The van der Waals surface area contributed by atoms with Crippen molar-refractivity contribution in [2.45, 2.75) is 13.8 Å². The van der Waals surface area contributed by atoms with E-state index in [1.165, 1.54) is 0 Å². The SMILES string of the molecule is CCOC(=O)c1c(C)nc2ncc(Br)cn12. The van der Waals surface area contributed by atoms with Crippen LogP contribution in [0.5, 0.6) is 0 Å². The van der Waals surface area contributed by atoms with Gasteiger partial charge in [-0.05, 0) is 29.8 Å². The van der Waals surface area contributed by atoms with E-state index in [1.807, 2.05) is 0 Å². The van der Waals surface area contributed by atoms with Gasteiger partial charge in [0.2, 0.25) is 5.78 Å². The molecule has 0 bridgehead atoms. The molecule has 5 nitrogen and oxygen atoms in total. The number of carbonyl (C=O) groups is 1. The van der Waals surface area contributed by atoms with Gasteiger partial charge in [0.05, 0.1) is 16.8 Å². The normalized spacial score (nSPS) is 10.7. The highest BCUT2D eigenvalue weighted by Gasteiger charge is 2.18. The number of aromatic nitrogens is 3. The van der Waals surface area contributed by atoms with Gasteiger partial charge >= 0.3 is 5.97 Å². The number of carbonyl (C=O) groups excluding carboxylic acids is 1. The fraction of sp³-hybridized carbons (Fsp3) is 0.300. The lowest BCUT2D eigenvalue weighted by molar-refractivity contribution is 0.0517. The largest absolute Gasteiger partial charge is 0.461 e. The highest BCUT2D eigenvalue weighted by Crippen LogP contribution is 2.15. The molecular weight excluding hydrogens is 274 g/mol. The number of halogens is 1. The Hall–Kier alpha value is -1.43. The monoisotopic (exact) mass is 283 g/mol. The van der Waals surface area contributed by atoms with Gasteiger partial charge in [0.25, 0.3) is 0 Å². The molecule has 0 aliphatic heterocycles. The Balaban J connectivity index is 2.62. The molecule has 0 atom stereocenters. The minimum absolute atomic E-state index is 0.340. The maximum atomic E-state index is 11.7. The summed E-state index contributed by atoms with van der Waals surface area (Å²) in [6, 6.07) is 0. The summed E-state index contributed by atoms with van der Waals surface area (Å²) in [7, 11) is 0. The second kappa shape index (κ2) is 4.21. The van der Waals surface area contributed by atoms with Crippen molar-refractivity contribution in [2.75, 3.05) is 6.61 Å². The Labute approximate surface area is 101 Å². The molecule has 0 unspecified atom stereocenters. The number of nitrogens with zero attached hydrogens (tertiary/aromatic N) is 3. The summed E-state index contributed by atoms with van der Waals surface area (Å²) < 4.78 is 7.38. The van der Waals surface area contributed by atoms with Crippen LogP contribution >= 0.6 is 15.9 Å². The predicted molar refractivity (Wildman–Crippen MR) is 61.4 cm³/mol. The zero-order chi connectivity index (χ0) is 11.7. The minimum Gasteiger partial charge on any atom is -0.461 e. The molecule has 0 amide bonds. The first kappa shape index (κ1) is 11.1. The van der Waals surface area contributed by atoms with Gasteiger partial charge in [-0.1, -0.05) is 0 Å². The van der Waals surface area contributed by atoms with Crippen molar-refractivity contribution in [2.24, 2.45) is 0 Å². The van der Waals surface area contributed by atoms with Crippen molar-refractivity contribution in [3.63, 3.8) is 0 Å². The van der Waals surface area contributed by atoms with E-state index >= 15 is 0 Å². The van der Waals surface area contributed by atoms with E-state index in [2.05, 4.69) is 25.9 Å². The van der Waals surface area contributed by atoms with Crippen LogP contribution in [-0.2, 0) is 4.74 Å². The lowest BCUT2D eigenvalue weighted by atomic mass is 10.3. The Morgan fingerprint density at radius 1 is 1.62 bits per heavy atom. The molecule has 84 valence electrons. The van der Waals surface area contributed by atoms with Gasteiger partial charge in [-0.15, -0.1) is 0 Å². The molecule has 0 spiro atoms. The van der Waals surface area contributed by atoms with Gasteiger partial charge in [-0.25, -0.2) is 14.8 Å². The van der Waals surface area contributed by atoms with E-state index in [9.17, 15) is 4.79 Å². The maximum Gasteiger partial charge on any atom is 0.357 e. The zero-order valence-corrected chi connectivity index (χ0v) is 10.5. The molecule has 0 N–H and O–H groups in total. The van der Waals surface area contributed by atoms with Gasteiger partial charge in [-0.3, -0.25) is 4.40 Å². The first-order chi connectivity index (χ1) is 7.63. The maximum absolute atomic E-state index is 11.7. The number of imidazole rings is 1. The lowest BCUT2D eigenvalue weighted by Crippen LogP contribution is -2.09. The van der Waals surface area contributed by atoms with Crippen molar-refractivity contribution < 1.29 is 9.53 Å². The van der Waals surface area contributed by atoms with Crippen molar-refractivity contribution in [3.8, 4) is 0 Å². The molecule has 2 aromatic rings. The van der Waals surface area contributed by atoms with Crippen LogP contribution in [0.4, 0.5) is 0 Å². The fourth-order valence-corrected chi connectivity index (χ4v) is 1.77. The van der Waals surface area contributed by atoms with Crippen LogP contribution in [0.15, 0.2) is 16.9 Å². The van der Waals surface area contributed by atoms with Crippen LogP contribution < -0.4 is 0 Å². The van der Waals surface area contributed by atoms with Crippen LogP contribution in [0, 0.1) is 6.92 Å². The van der Waals surface area contributed by atoms with Gasteiger partial charge in [0, 0.05) is 12.4 Å². The highest BCUT2D eigenvalue weighted by molar-refractivity contribution is 9.10. The number of rotatable bonds is 2. The lowest BCUT2D eigenvalue weighted by Gasteiger charge is -2.02. The van der Waals surface area contributed by atoms with E-state index in [4.69, 9.17) is 4.74 Å². The molecule has 0 aromatic carbocycles.